The lowest BCUT2D eigenvalue weighted by Crippen LogP contribution is -2.26. The molecule has 0 saturated carbocycles. The Morgan fingerprint density at radius 3 is 2.53 bits per heavy atom. The van der Waals surface area contributed by atoms with Crippen molar-refractivity contribution in [1.29, 1.82) is 0 Å². The molecule has 0 aliphatic rings. The molecule has 0 unspecified atom stereocenters. The first-order chi connectivity index (χ1) is 7.97. The third-order valence-electron chi connectivity index (χ3n) is 2.46. The molecule has 1 aromatic carbocycles. The van der Waals surface area contributed by atoms with E-state index in [0.29, 0.717) is 15.4 Å². The van der Waals surface area contributed by atoms with Gasteiger partial charge >= 0.3 is 5.69 Å². The molecule has 0 atom stereocenters. The van der Waals surface area contributed by atoms with E-state index in [1.165, 1.54) is 19.1 Å². The summed E-state index contributed by atoms with van der Waals surface area (Å²) in [6.45, 7) is 1.38. The predicted octanol–water partition coefficient (Wildman–Crippen LogP) is 2.33. The smallest absolute Gasteiger partial charge is 0.321 e. The summed E-state index contributed by atoms with van der Waals surface area (Å²) < 4.78 is 0.851. The highest BCUT2D eigenvalue weighted by molar-refractivity contribution is 6.42. The van der Waals surface area contributed by atoms with Gasteiger partial charge in [-0.3, -0.25) is 4.79 Å². The van der Waals surface area contributed by atoms with Gasteiger partial charge in [0.15, 0.2) is 0 Å². The summed E-state index contributed by atoms with van der Waals surface area (Å²) in [5, 5.41) is 12.1. The number of halogens is 2. The highest BCUT2D eigenvalue weighted by Crippen LogP contribution is 2.26. The van der Waals surface area contributed by atoms with Gasteiger partial charge in [-0.15, -0.1) is 0 Å². The number of hydrogen-bond acceptors (Lipinski definition) is 3. The van der Waals surface area contributed by atoms with Crippen molar-refractivity contribution in [3.8, 4) is 0 Å². The molecule has 0 aliphatic heterocycles. The maximum Gasteiger partial charge on any atom is 0.321 e. The van der Waals surface area contributed by atoms with Gasteiger partial charge in [-0.1, -0.05) is 23.2 Å². The number of aldehydes is 1. The fraction of sp³-hybridized carbons (Fsp3) is 0.100. The minimum atomic E-state index is -0.245. The van der Waals surface area contributed by atoms with E-state index in [1.54, 1.807) is 0 Å². The van der Waals surface area contributed by atoms with E-state index < -0.39 is 0 Å². The van der Waals surface area contributed by atoms with Crippen molar-refractivity contribution in [1.82, 2.24) is 4.73 Å². The van der Waals surface area contributed by atoms with Crippen LogP contribution in [0.25, 0.3) is 11.0 Å². The van der Waals surface area contributed by atoms with Gasteiger partial charge in [-0.05, 0) is 13.0 Å². The molecule has 7 heteroatoms. The Labute approximate surface area is 105 Å². The number of rotatable bonds is 1. The van der Waals surface area contributed by atoms with E-state index in [0.717, 1.165) is 0 Å². The lowest BCUT2D eigenvalue weighted by molar-refractivity contribution is -0.467. The van der Waals surface area contributed by atoms with Crippen LogP contribution in [-0.2, 0) is 0 Å². The molecular weight excluding hydrogens is 267 g/mol. The molecule has 0 radical (unpaired) electrons. The van der Waals surface area contributed by atoms with E-state index in [2.05, 4.69) is 0 Å². The summed E-state index contributed by atoms with van der Waals surface area (Å²) in [6.07, 6.45) is 0.332. The highest BCUT2D eigenvalue weighted by Gasteiger charge is 2.20. The Hall–Kier alpha value is -1.59. The van der Waals surface area contributed by atoms with Crippen molar-refractivity contribution in [3.05, 3.63) is 43.7 Å². The first-order valence-electron chi connectivity index (χ1n) is 4.57. The molecule has 0 spiro atoms. The Morgan fingerprint density at radius 1 is 1.35 bits per heavy atom. The van der Waals surface area contributed by atoms with E-state index in [-0.39, 0.29) is 32.5 Å². The van der Waals surface area contributed by atoms with E-state index in [4.69, 9.17) is 23.2 Å². The average Bonchev–Trinajstić information content (AvgIpc) is 2.30. The molecule has 5 nitrogen and oxygen atoms in total. The molecular formula is C10H6Cl2N2O3. The summed E-state index contributed by atoms with van der Waals surface area (Å²) in [5.74, 6) is 0. The van der Waals surface area contributed by atoms with E-state index in [9.17, 15) is 14.9 Å². The zero-order valence-electron chi connectivity index (χ0n) is 8.61. The van der Waals surface area contributed by atoms with Crippen LogP contribution in [0.4, 0.5) is 0 Å². The zero-order valence-corrected chi connectivity index (χ0v) is 10.1. The monoisotopic (exact) mass is 272 g/mol. The maximum absolute atomic E-state index is 11.8. The fourth-order valence-corrected chi connectivity index (χ4v) is 1.86. The summed E-state index contributed by atoms with van der Waals surface area (Å²) in [5.41, 5.74) is -0.161. The van der Waals surface area contributed by atoms with Gasteiger partial charge in [0.05, 0.1) is 20.2 Å². The highest BCUT2D eigenvalue weighted by atomic mass is 35.5. The van der Waals surface area contributed by atoms with Crippen LogP contribution in [0, 0.1) is 17.0 Å². The molecule has 1 aromatic heterocycles. The molecule has 0 fully saturated rings. The van der Waals surface area contributed by atoms with Gasteiger partial charge in [0.25, 0.3) is 5.52 Å². The normalized spacial score (nSPS) is 10.8. The Balaban J connectivity index is 3.09. The van der Waals surface area contributed by atoms with Gasteiger partial charge < -0.3 is 9.94 Å². The second kappa shape index (κ2) is 4.01. The lowest BCUT2D eigenvalue weighted by Gasteiger charge is -2.15. The van der Waals surface area contributed by atoms with Crippen molar-refractivity contribution in [3.63, 3.8) is 0 Å². The summed E-state index contributed by atoms with van der Waals surface area (Å²) in [7, 11) is 0. The topological polar surface area (TPSA) is 68.0 Å². The van der Waals surface area contributed by atoms with Gasteiger partial charge in [0.1, 0.15) is 5.52 Å². The number of aromatic nitrogens is 2. The van der Waals surface area contributed by atoms with E-state index in [1.807, 2.05) is 0 Å². The predicted molar refractivity (Wildman–Crippen MR) is 64.2 cm³/mol. The number of carbonyl (C=O) groups is 1. The zero-order chi connectivity index (χ0) is 12.7. The van der Waals surface area contributed by atoms with Crippen molar-refractivity contribution in [2.24, 2.45) is 0 Å². The van der Waals surface area contributed by atoms with Crippen LogP contribution < -0.4 is 4.43 Å². The third-order valence-corrected chi connectivity index (χ3v) is 3.18. The molecule has 0 N–H and O–H groups in total. The molecule has 17 heavy (non-hydrogen) atoms. The quantitative estimate of drug-likeness (QED) is 0.591. The SMILES string of the molecule is Cc1c(C=O)[n+](=O)c2cc(Cl)c(Cl)cc2n1[O-]. The molecule has 2 rings (SSSR count). The van der Waals surface area contributed by atoms with E-state index >= 15 is 0 Å². The second-order valence-electron chi connectivity index (χ2n) is 3.43. The van der Waals surface area contributed by atoms with Gasteiger partial charge in [0, 0.05) is 11.0 Å². The standard InChI is InChI=1S/C10H6Cl2N2O3/c1-5-10(4-15)14(17)9-3-7(12)6(11)2-8(9)13(5)16/h2-4H,1H3. The second-order valence-corrected chi connectivity index (χ2v) is 4.25. The molecule has 2 aromatic rings. The van der Waals surface area contributed by atoms with Gasteiger partial charge in [-0.25, -0.2) is 0 Å². The Kier molecular flexibility index (Phi) is 2.81. The summed E-state index contributed by atoms with van der Waals surface area (Å²) in [4.78, 5) is 22.6. The van der Waals surface area contributed by atoms with Crippen LogP contribution in [0.5, 0.6) is 0 Å². The van der Waals surface area contributed by atoms with Gasteiger partial charge in [0.2, 0.25) is 6.29 Å². The maximum atomic E-state index is 11.8. The third kappa shape index (κ3) is 1.67. The molecule has 0 aliphatic carbocycles. The summed E-state index contributed by atoms with van der Waals surface area (Å²) >= 11 is 11.5. The number of hydrogen-bond donors (Lipinski definition) is 0. The number of fused-ring (bicyclic) bond motifs is 1. The largest absolute Gasteiger partial charge is 0.805 e. The number of nitrogens with zero attached hydrogens (tertiary/aromatic N) is 2. The van der Waals surface area contributed by atoms with Crippen LogP contribution >= 0.6 is 23.2 Å². The minimum Gasteiger partial charge on any atom is -0.805 e. The Morgan fingerprint density at radius 2 is 1.94 bits per heavy atom. The number of carbonyl (C=O) groups excluding carboxylic acids is 1. The lowest BCUT2D eigenvalue weighted by atomic mass is 10.2. The molecule has 0 amide bonds. The number of benzene rings is 1. The van der Waals surface area contributed by atoms with Crippen molar-refractivity contribution in [2.75, 3.05) is 0 Å². The Bertz CT molecular complexity index is 694. The van der Waals surface area contributed by atoms with Crippen LogP contribution in [-0.4, -0.2) is 11.0 Å². The first kappa shape index (κ1) is 11.9. The average molecular weight is 273 g/mol. The van der Waals surface area contributed by atoms with Gasteiger partial charge in [-0.2, -0.15) is 0 Å². The summed E-state index contributed by atoms with van der Waals surface area (Å²) in [6, 6.07) is 2.55. The van der Waals surface area contributed by atoms with Crippen molar-refractivity contribution >= 4 is 40.5 Å². The fourth-order valence-electron chi connectivity index (χ4n) is 1.55. The van der Waals surface area contributed by atoms with Crippen LogP contribution in [0.3, 0.4) is 0 Å². The molecule has 1 heterocycles. The molecule has 0 bridgehead atoms. The first-order valence-corrected chi connectivity index (χ1v) is 5.32. The van der Waals surface area contributed by atoms with Crippen molar-refractivity contribution < 1.29 is 9.22 Å². The molecule has 0 saturated heterocycles. The van der Waals surface area contributed by atoms with Crippen molar-refractivity contribution in [2.45, 2.75) is 6.92 Å². The van der Waals surface area contributed by atoms with Crippen LogP contribution in [0.15, 0.2) is 12.1 Å². The van der Waals surface area contributed by atoms with Crippen LogP contribution in [0.1, 0.15) is 16.2 Å². The van der Waals surface area contributed by atoms with Crippen LogP contribution in [0.2, 0.25) is 10.0 Å². The molecule has 88 valence electrons. The minimum absolute atomic E-state index is 0.00194.